The first-order valence-electron chi connectivity index (χ1n) is 9.75. The average Bonchev–Trinajstić information content (AvgIpc) is 2.72. The average molecular weight is 412 g/mol. The fourth-order valence-corrected chi connectivity index (χ4v) is 2.88. The normalized spacial score (nSPS) is 11.6. The van der Waals surface area contributed by atoms with Crippen LogP contribution in [0.4, 0.5) is 11.4 Å². The lowest BCUT2D eigenvalue weighted by molar-refractivity contribution is -0.118. The number of esters is 1. The number of rotatable bonds is 7. The molecule has 0 heterocycles. The molecule has 2 aromatic carbocycles. The van der Waals surface area contributed by atoms with E-state index in [0.29, 0.717) is 16.8 Å². The number of nitrogens with zero attached hydrogens (tertiary/aromatic N) is 1. The summed E-state index contributed by atoms with van der Waals surface area (Å²) in [6, 6.07) is 11.8. The Morgan fingerprint density at radius 2 is 1.70 bits per heavy atom. The van der Waals surface area contributed by atoms with Crippen molar-refractivity contribution in [1.29, 1.82) is 0 Å². The molecule has 0 radical (unpaired) electrons. The Labute approximate surface area is 177 Å². The molecule has 7 heteroatoms. The van der Waals surface area contributed by atoms with Crippen LogP contribution in [-0.4, -0.2) is 39.0 Å². The van der Waals surface area contributed by atoms with Crippen LogP contribution in [0.5, 0.6) is 0 Å². The number of carbonyl (C=O) groups is 3. The van der Waals surface area contributed by atoms with Gasteiger partial charge in [0, 0.05) is 31.4 Å². The third kappa shape index (κ3) is 5.59. The molecule has 30 heavy (non-hydrogen) atoms. The highest BCUT2D eigenvalue weighted by atomic mass is 16.5. The third-order valence-corrected chi connectivity index (χ3v) is 4.67. The number of amides is 2. The molecule has 0 aliphatic heterocycles. The van der Waals surface area contributed by atoms with Gasteiger partial charge in [0.15, 0.2) is 0 Å². The molecule has 0 aromatic heterocycles. The van der Waals surface area contributed by atoms with Gasteiger partial charge < -0.3 is 20.3 Å². The predicted octanol–water partition coefficient (Wildman–Crippen LogP) is 3.62. The van der Waals surface area contributed by atoms with Crippen molar-refractivity contribution >= 4 is 29.2 Å². The molecule has 0 fully saturated rings. The largest absolute Gasteiger partial charge is 0.465 e. The first kappa shape index (κ1) is 22.9. The Kier molecular flexibility index (Phi) is 7.58. The van der Waals surface area contributed by atoms with Gasteiger partial charge in [-0.1, -0.05) is 26.0 Å². The van der Waals surface area contributed by atoms with Gasteiger partial charge in [0.2, 0.25) is 5.91 Å². The summed E-state index contributed by atoms with van der Waals surface area (Å²) in [6.07, 6.45) is 0. The molecule has 0 aliphatic carbocycles. The van der Waals surface area contributed by atoms with Crippen molar-refractivity contribution < 1.29 is 19.1 Å². The molecule has 0 saturated carbocycles. The Morgan fingerprint density at radius 1 is 1.00 bits per heavy atom. The van der Waals surface area contributed by atoms with Crippen LogP contribution in [0, 0.1) is 5.92 Å². The van der Waals surface area contributed by atoms with Gasteiger partial charge in [0.1, 0.15) is 0 Å². The molecule has 2 aromatic rings. The van der Waals surface area contributed by atoms with Gasteiger partial charge in [-0.25, -0.2) is 4.79 Å². The minimum absolute atomic E-state index is 0.119. The highest BCUT2D eigenvalue weighted by molar-refractivity contribution is 6.02. The van der Waals surface area contributed by atoms with E-state index in [1.807, 2.05) is 32.0 Å². The standard InChI is InChI=1S/C23H29N3O4/c1-14(2)21(27)25-18-10-11-20(26(4)5)19(13-18)22(28)24-15(3)16-8-7-9-17(12-16)23(29)30-6/h7-15H,1-6H3,(H,24,28)(H,25,27). The zero-order chi connectivity index (χ0) is 22.4. The van der Waals surface area contributed by atoms with E-state index >= 15 is 0 Å². The van der Waals surface area contributed by atoms with Crippen molar-refractivity contribution in [3.8, 4) is 0 Å². The van der Waals surface area contributed by atoms with Crippen molar-refractivity contribution in [3.05, 3.63) is 59.2 Å². The summed E-state index contributed by atoms with van der Waals surface area (Å²) in [5.41, 5.74) is 2.93. The van der Waals surface area contributed by atoms with Crippen molar-refractivity contribution in [3.63, 3.8) is 0 Å². The third-order valence-electron chi connectivity index (χ3n) is 4.67. The van der Waals surface area contributed by atoms with E-state index in [0.717, 1.165) is 11.3 Å². The molecule has 1 unspecified atom stereocenters. The molecule has 1 atom stereocenters. The van der Waals surface area contributed by atoms with E-state index in [1.54, 1.807) is 50.2 Å². The second-order valence-corrected chi connectivity index (χ2v) is 7.58. The van der Waals surface area contributed by atoms with Crippen LogP contribution in [0.2, 0.25) is 0 Å². The van der Waals surface area contributed by atoms with Gasteiger partial charge in [0.25, 0.3) is 5.91 Å². The fraction of sp³-hybridized carbons (Fsp3) is 0.348. The lowest BCUT2D eigenvalue weighted by atomic mass is 10.0. The number of benzene rings is 2. The Morgan fingerprint density at radius 3 is 2.30 bits per heavy atom. The maximum atomic E-state index is 13.1. The summed E-state index contributed by atoms with van der Waals surface area (Å²) in [7, 11) is 5.03. The Balaban J connectivity index is 2.28. The van der Waals surface area contributed by atoms with Crippen molar-refractivity contribution in [2.45, 2.75) is 26.8 Å². The topological polar surface area (TPSA) is 87.7 Å². The molecular weight excluding hydrogens is 382 g/mol. The number of hydrogen-bond acceptors (Lipinski definition) is 5. The summed E-state index contributed by atoms with van der Waals surface area (Å²) in [5.74, 6) is -1.00. The summed E-state index contributed by atoms with van der Waals surface area (Å²) in [6.45, 7) is 5.45. The first-order valence-corrected chi connectivity index (χ1v) is 9.75. The van der Waals surface area contributed by atoms with Crippen molar-refractivity contribution in [2.75, 3.05) is 31.4 Å². The highest BCUT2D eigenvalue weighted by Gasteiger charge is 2.18. The lowest BCUT2D eigenvalue weighted by Gasteiger charge is -2.21. The van der Waals surface area contributed by atoms with Crippen molar-refractivity contribution in [2.24, 2.45) is 5.92 Å². The number of ether oxygens (including phenoxy) is 1. The van der Waals surface area contributed by atoms with Gasteiger partial charge >= 0.3 is 5.97 Å². The monoisotopic (exact) mass is 411 g/mol. The molecule has 7 nitrogen and oxygen atoms in total. The number of methoxy groups -OCH3 is 1. The van der Waals surface area contributed by atoms with Gasteiger partial charge in [0.05, 0.1) is 24.3 Å². The second-order valence-electron chi connectivity index (χ2n) is 7.58. The number of anilines is 2. The molecule has 160 valence electrons. The smallest absolute Gasteiger partial charge is 0.337 e. The molecule has 0 aliphatic rings. The Hall–Kier alpha value is -3.35. The molecule has 0 bridgehead atoms. The van der Waals surface area contributed by atoms with E-state index in [1.165, 1.54) is 7.11 Å². The van der Waals surface area contributed by atoms with E-state index in [9.17, 15) is 14.4 Å². The first-order chi connectivity index (χ1) is 14.1. The van der Waals surface area contributed by atoms with Crippen LogP contribution in [0.3, 0.4) is 0 Å². The zero-order valence-corrected chi connectivity index (χ0v) is 18.3. The summed E-state index contributed by atoms with van der Waals surface area (Å²) in [5, 5.41) is 5.79. The van der Waals surface area contributed by atoms with Gasteiger partial charge in [-0.2, -0.15) is 0 Å². The summed E-state index contributed by atoms with van der Waals surface area (Å²) < 4.78 is 4.76. The molecule has 2 rings (SSSR count). The summed E-state index contributed by atoms with van der Waals surface area (Å²) in [4.78, 5) is 38.7. The van der Waals surface area contributed by atoms with E-state index in [2.05, 4.69) is 10.6 Å². The van der Waals surface area contributed by atoms with Gasteiger partial charge in [-0.3, -0.25) is 9.59 Å². The summed E-state index contributed by atoms with van der Waals surface area (Å²) >= 11 is 0. The van der Waals surface area contributed by atoms with E-state index in [4.69, 9.17) is 4.74 Å². The van der Waals surface area contributed by atoms with Crippen molar-refractivity contribution in [1.82, 2.24) is 5.32 Å². The van der Waals surface area contributed by atoms with Crippen LogP contribution >= 0.6 is 0 Å². The zero-order valence-electron chi connectivity index (χ0n) is 18.3. The lowest BCUT2D eigenvalue weighted by Crippen LogP contribution is -2.29. The molecule has 0 saturated heterocycles. The molecule has 0 spiro atoms. The predicted molar refractivity (Wildman–Crippen MR) is 118 cm³/mol. The maximum Gasteiger partial charge on any atom is 0.337 e. The molecule has 2 amide bonds. The highest BCUT2D eigenvalue weighted by Crippen LogP contribution is 2.25. The van der Waals surface area contributed by atoms with Crippen LogP contribution in [0.1, 0.15) is 53.1 Å². The second kappa shape index (κ2) is 9.91. The van der Waals surface area contributed by atoms with Crippen LogP contribution in [-0.2, 0) is 9.53 Å². The quantitative estimate of drug-likeness (QED) is 0.680. The minimum atomic E-state index is -0.432. The SMILES string of the molecule is COC(=O)c1cccc(C(C)NC(=O)c2cc(NC(=O)C(C)C)ccc2N(C)C)c1. The van der Waals surface area contributed by atoms with Crippen LogP contribution < -0.4 is 15.5 Å². The minimum Gasteiger partial charge on any atom is -0.465 e. The van der Waals surface area contributed by atoms with E-state index in [-0.39, 0.29) is 23.8 Å². The number of hydrogen-bond donors (Lipinski definition) is 2. The molecular formula is C23H29N3O4. The van der Waals surface area contributed by atoms with Crippen LogP contribution in [0.25, 0.3) is 0 Å². The number of carbonyl (C=O) groups excluding carboxylic acids is 3. The van der Waals surface area contributed by atoms with Crippen LogP contribution in [0.15, 0.2) is 42.5 Å². The van der Waals surface area contributed by atoms with Gasteiger partial charge in [-0.05, 0) is 42.8 Å². The van der Waals surface area contributed by atoms with Gasteiger partial charge in [-0.15, -0.1) is 0 Å². The Bertz CT molecular complexity index is 938. The fourth-order valence-electron chi connectivity index (χ4n) is 2.88. The van der Waals surface area contributed by atoms with E-state index < -0.39 is 5.97 Å². The molecule has 2 N–H and O–H groups in total. The maximum absolute atomic E-state index is 13.1. The number of nitrogens with one attached hydrogen (secondary N) is 2.